The van der Waals surface area contributed by atoms with Crippen LogP contribution < -0.4 is 25.6 Å². The van der Waals surface area contributed by atoms with Crippen molar-refractivity contribution in [1.82, 2.24) is 25.8 Å². The molecule has 1 unspecified atom stereocenters. The topological polar surface area (TPSA) is 269 Å². The minimum atomic E-state index is -1.90. The number of likely N-dealkylation sites (N-methyl/N-ethyl adjacent to an activating group) is 2. The van der Waals surface area contributed by atoms with Gasteiger partial charge in [0.2, 0.25) is 29.5 Å². The van der Waals surface area contributed by atoms with Crippen LogP contribution in [0.25, 0.3) is 0 Å². The number of rotatable bonds is 32. The third kappa shape index (κ3) is 21.9. The van der Waals surface area contributed by atoms with Crippen molar-refractivity contribution in [1.29, 1.82) is 0 Å². The first-order chi connectivity index (χ1) is 39.4. The molecule has 4 aliphatic rings. The Bertz CT molecular complexity index is 2360. The van der Waals surface area contributed by atoms with Gasteiger partial charge >= 0.3 is 12.1 Å². The van der Waals surface area contributed by atoms with Crippen LogP contribution in [-0.2, 0) is 73.1 Å². The average Bonchev–Trinajstić information content (AvgIpc) is 2.60. The summed E-state index contributed by atoms with van der Waals surface area (Å²) in [6.07, 6.45) is 4.91. The molecule has 7 atom stereocenters. The number of allylic oxidation sites excluding steroid dienone is 3. The van der Waals surface area contributed by atoms with E-state index in [0.717, 1.165) is 30.4 Å². The first-order valence-corrected chi connectivity index (χ1v) is 29.3. The second-order valence-electron chi connectivity index (χ2n) is 22.0. The van der Waals surface area contributed by atoms with E-state index in [0.29, 0.717) is 76.5 Å². The third-order valence-corrected chi connectivity index (χ3v) is 15.9. The summed E-state index contributed by atoms with van der Waals surface area (Å²) in [7, 11) is 7.54. The van der Waals surface area contributed by atoms with Crippen molar-refractivity contribution in [3.8, 4) is 5.75 Å². The van der Waals surface area contributed by atoms with E-state index in [9.17, 15) is 38.7 Å². The lowest BCUT2D eigenvalue weighted by molar-refractivity contribution is -0.328. The van der Waals surface area contributed by atoms with Crippen molar-refractivity contribution >= 4 is 58.9 Å². The predicted octanol–water partition coefficient (Wildman–Crippen LogP) is 5.19. The Morgan fingerprint density at radius 3 is 2.10 bits per heavy atom. The number of hydrogen-bond acceptors (Lipinski definition) is 17. The van der Waals surface area contributed by atoms with Crippen LogP contribution in [0.1, 0.15) is 118 Å². The summed E-state index contributed by atoms with van der Waals surface area (Å²) in [6.45, 7) is 14.8. The van der Waals surface area contributed by atoms with E-state index in [2.05, 4.69) is 29.8 Å². The summed E-state index contributed by atoms with van der Waals surface area (Å²) in [4.78, 5) is 96.0. The standard InChI is InChI=1S/C59H93ClN6O17/c1-12-42(13-2)20-23-61-49(67)21-24-62-50(68)22-26-77-28-30-79-32-33-80-31-29-78-27-25-64(7)51(69)18-15-19-52(70)65(8)41(4)55(72)81-47-37-53(71)66(9)44-35-43(36-45(75-10)54(44)60)34-40(3)16-14-17-46(76-11)59(74)38-48(82-56(73)63-59)58(6)39-57(47,5)83-58/h14,16-17,35-36,41-42,46-48,74H,12-13,15,18-34,37-39H2,1-11H3,(H,61,67)(H,62,68)(H,63,73)/b17-14+,40-16-/t41-,46+,47-,48-,57+,58?,59-/m0/s1. The number of carbonyl (C=O) groups excluding carboxylic acids is 7. The SMILES string of the molecule is CCC(CC)CCNC(=O)CCNC(=O)CCOCCOCCOCCOCCN(C)C(=O)CCCC(=O)N(C)[C@@H](C)C(=O)O[C@H]1CC(=O)N(C)c2cc(cc(OC)c2Cl)C/C(C)=C\C=C\[C@@H](OC)[C@@]2(O)C[C@H](OC(=O)N2)C2(C)C[C@@]1(C)O2. The highest BCUT2D eigenvalue weighted by Gasteiger charge is 2.63. The highest BCUT2D eigenvalue weighted by molar-refractivity contribution is 6.35. The van der Waals surface area contributed by atoms with Crippen molar-refractivity contribution in [3.63, 3.8) is 0 Å². The molecule has 6 bridgehead atoms. The van der Waals surface area contributed by atoms with E-state index in [-0.39, 0.29) is 93.9 Å². The lowest BCUT2D eigenvalue weighted by Crippen LogP contribution is -2.72. The van der Waals surface area contributed by atoms with Crippen LogP contribution in [0.5, 0.6) is 5.75 Å². The average molecular weight is 1190 g/mol. The molecule has 4 heterocycles. The summed E-state index contributed by atoms with van der Waals surface area (Å²) in [5.41, 5.74) is -2.43. The molecule has 4 aliphatic heterocycles. The molecule has 1 aromatic carbocycles. The first kappa shape index (κ1) is 70.1. The van der Waals surface area contributed by atoms with E-state index >= 15 is 0 Å². The first-order valence-electron chi connectivity index (χ1n) is 28.9. The van der Waals surface area contributed by atoms with Gasteiger partial charge in [-0.15, -0.1) is 0 Å². The van der Waals surface area contributed by atoms with Crippen LogP contribution in [0.15, 0.2) is 35.9 Å². The second-order valence-corrected chi connectivity index (χ2v) is 22.3. The number of halogens is 1. The van der Waals surface area contributed by atoms with Crippen molar-refractivity contribution < 1.29 is 81.3 Å². The number of hydrogen-bond donors (Lipinski definition) is 4. The maximum absolute atomic E-state index is 14.4. The fourth-order valence-corrected chi connectivity index (χ4v) is 10.4. The highest BCUT2D eigenvalue weighted by atomic mass is 35.5. The van der Waals surface area contributed by atoms with Crippen LogP contribution in [0.2, 0.25) is 5.02 Å². The summed E-state index contributed by atoms with van der Waals surface area (Å²) in [5, 5.41) is 20.2. The number of esters is 1. The van der Waals surface area contributed by atoms with Crippen LogP contribution in [0.3, 0.4) is 0 Å². The van der Waals surface area contributed by atoms with E-state index in [1.807, 2.05) is 13.0 Å². The van der Waals surface area contributed by atoms with Gasteiger partial charge in [-0.05, 0) is 70.6 Å². The van der Waals surface area contributed by atoms with Crippen LogP contribution in [0, 0.1) is 5.92 Å². The van der Waals surface area contributed by atoms with Gasteiger partial charge < -0.3 is 73.1 Å². The summed E-state index contributed by atoms with van der Waals surface area (Å²) >= 11 is 6.82. The number of ether oxygens (including phenoxy) is 9. The Morgan fingerprint density at radius 1 is 0.867 bits per heavy atom. The smallest absolute Gasteiger partial charge is 0.409 e. The number of fused-ring (bicyclic) bond motifs is 6. The van der Waals surface area contributed by atoms with E-state index in [1.54, 1.807) is 52.2 Å². The Labute approximate surface area is 495 Å². The highest BCUT2D eigenvalue weighted by Crippen LogP contribution is 2.50. The fourth-order valence-electron chi connectivity index (χ4n) is 10.1. The largest absolute Gasteiger partial charge is 0.495 e. The number of nitrogens with one attached hydrogen (secondary N) is 3. The molecule has 0 saturated carbocycles. The fraction of sp³-hybridized carbons (Fsp3) is 0.712. The molecule has 0 aliphatic carbocycles. The molecule has 23 nitrogen and oxygen atoms in total. The van der Waals surface area contributed by atoms with Crippen LogP contribution in [-0.4, -0.2) is 206 Å². The van der Waals surface area contributed by atoms with Gasteiger partial charge in [-0.3, -0.25) is 29.3 Å². The molecule has 24 heteroatoms. The number of aliphatic hydroxyl groups is 1. The van der Waals surface area contributed by atoms with Gasteiger partial charge in [0.25, 0.3) is 0 Å². The Hall–Kier alpha value is -5.40. The maximum Gasteiger partial charge on any atom is 0.409 e. The number of nitrogens with zero attached hydrogens (tertiary/aromatic N) is 3. The van der Waals surface area contributed by atoms with Gasteiger partial charge in [0.15, 0.2) is 5.72 Å². The maximum atomic E-state index is 14.4. The van der Waals surface area contributed by atoms with E-state index in [1.165, 1.54) is 42.9 Å². The molecule has 2 fully saturated rings. The molecule has 6 amide bonds. The predicted molar refractivity (Wildman–Crippen MR) is 310 cm³/mol. The number of alkyl carbamates (subject to hydrolysis) is 1. The van der Waals surface area contributed by atoms with Gasteiger partial charge in [-0.25, -0.2) is 9.59 Å². The Balaban J connectivity index is 1.19. The van der Waals surface area contributed by atoms with Crippen LogP contribution >= 0.6 is 11.6 Å². The summed E-state index contributed by atoms with van der Waals surface area (Å²) in [5.74, 6) is -1.19. The Kier molecular flexibility index (Phi) is 29.2. The van der Waals surface area contributed by atoms with E-state index < -0.39 is 65.2 Å². The number of anilines is 1. The van der Waals surface area contributed by atoms with Gasteiger partial charge in [0.1, 0.15) is 46.3 Å². The van der Waals surface area contributed by atoms with Crippen molar-refractivity contribution in [2.45, 2.75) is 160 Å². The van der Waals surface area contributed by atoms with Crippen molar-refractivity contribution in [3.05, 3.63) is 46.5 Å². The lowest BCUT2D eigenvalue weighted by atomic mass is 9.72. The molecule has 4 N–H and O–H groups in total. The molecule has 468 valence electrons. The molecule has 0 radical (unpaired) electrons. The zero-order chi connectivity index (χ0) is 61.3. The molecular weight excluding hydrogens is 1100 g/mol. The number of benzene rings is 1. The number of amides is 6. The van der Waals surface area contributed by atoms with E-state index in [4.69, 9.17) is 54.2 Å². The van der Waals surface area contributed by atoms with Crippen molar-refractivity contribution in [2.75, 3.05) is 113 Å². The van der Waals surface area contributed by atoms with Gasteiger partial charge in [0.05, 0.1) is 72.1 Å². The molecule has 5 rings (SSSR count). The molecule has 0 aromatic heterocycles. The monoisotopic (exact) mass is 1190 g/mol. The number of methoxy groups -OCH3 is 2. The quantitative estimate of drug-likeness (QED) is 0.0534. The molecule has 83 heavy (non-hydrogen) atoms. The minimum absolute atomic E-state index is 0.0369. The van der Waals surface area contributed by atoms with Gasteiger partial charge in [0, 0.05) is 86.4 Å². The summed E-state index contributed by atoms with van der Waals surface area (Å²) < 4.78 is 51.9. The third-order valence-electron chi connectivity index (χ3n) is 15.5. The van der Waals surface area contributed by atoms with Gasteiger partial charge in [-0.1, -0.05) is 62.1 Å². The zero-order valence-electron chi connectivity index (χ0n) is 50.7. The van der Waals surface area contributed by atoms with Gasteiger partial charge in [-0.2, -0.15) is 0 Å². The zero-order valence-corrected chi connectivity index (χ0v) is 51.5. The molecule has 1 aromatic rings. The lowest BCUT2D eigenvalue weighted by Gasteiger charge is -2.59. The molecule has 2 saturated heterocycles. The normalized spacial score (nSPS) is 24.0. The van der Waals surface area contributed by atoms with Crippen molar-refractivity contribution in [2.24, 2.45) is 5.92 Å². The summed E-state index contributed by atoms with van der Waals surface area (Å²) in [6, 6.07) is 2.42. The number of carbonyl (C=O) groups is 7. The second kappa shape index (κ2) is 34.5. The molecular formula is C59H93ClN6O17. The molecule has 0 spiro atoms. The Morgan fingerprint density at radius 2 is 1.47 bits per heavy atom. The van der Waals surface area contributed by atoms with Crippen LogP contribution in [0.4, 0.5) is 10.5 Å². The minimum Gasteiger partial charge on any atom is -0.495 e.